The summed E-state index contributed by atoms with van der Waals surface area (Å²) in [5.41, 5.74) is 1.02. The summed E-state index contributed by atoms with van der Waals surface area (Å²) in [7, 11) is 1.61. The lowest BCUT2D eigenvalue weighted by Crippen LogP contribution is -2.25. The second kappa shape index (κ2) is 7.72. The molecule has 0 aliphatic rings. The van der Waals surface area contributed by atoms with Gasteiger partial charge in [0.15, 0.2) is 0 Å². The van der Waals surface area contributed by atoms with E-state index in [1.165, 1.54) is 0 Å². The van der Waals surface area contributed by atoms with Gasteiger partial charge in [-0.05, 0) is 17.7 Å². The molecule has 2 N–H and O–H groups in total. The Balaban J connectivity index is 2.23. The van der Waals surface area contributed by atoms with Crippen molar-refractivity contribution in [3.05, 3.63) is 29.8 Å². The van der Waals surface area contributed by atoms with Crippen molar-refractivity contribution in [1.29, 1.82) is 0 Å². The normalized spacial score (nSPS) is 13.7. The van der Waals surface area contributed by atoms with Gasteiger partial charge < -0.3 is 19.7 Å². The van der Waals surface area contributed by atoms with Crippen LogP contribution in [0.1, 0.15) is 12.0 Å². The Hall–Kier alpha value is -1.54. The van der Waals surface area contributed by atoms with Gasteiger partial charge in [0.25, 0.3) is 0 Å². The standard InChI is InChI=1S/C14H18O4/c1-3-13(15)14(16)8-9-18-10-11-4-6-12(17-2)7-5-11/h1,4-7,13-16H,8-10H2,2H3/t13-,14-/m0/s1. The Morgan fingerprint density at radius 1 is 1.28 bits per heavy atom. The maximum Gasteiger partial charge on any atom is 0.140 e. The number of terminal acetylenes is 1. The quantitative estimate of drug-likeness (QED) is 0.559. The number of rotatable bonds is 7. The topological polar surface area (TPSA) is 58.9 Å². The number of aliphatic hydroxyl groups is 2. The van der Waals surface area contributed by atoms with Gasteiger partial charge in [-0.3, -0.25) is 0 Å². The first-order chi connectivity index (χ1) is 8.67. The van der Waals surface area contributed by atoms with E-state index in [9.17, 15) is 5.11 Å². The summed E-state index contributed by atoms with van der Waals surface area (Å²) in [6.07, 6.45) is 3.22. The van der Waals surface area contributed by atoms with E-state index in [4.69, 9.17) is 21.0 Å². The van der Waals surface area contributed by atoms with Crippen LogP contribution in [0.2, 0.25) is 0 Å². The van der Waals surface area contributed by atoms with E-state index in [0.717, 1.165) is 11.3 Å². The zero-order valence-corrected chi connectivity index (χ0v) is 10.4. The zero-order chi connectivity index (χ0) is 13.4. The SMILES string of the molecule is C#C[C@H](O)[C@@H](O)CCOCc1ccc(OC)cc1. The van der Waals surface area contributed by atoms with Crippen LogP contribution in [0.25, 0.3) is 0 Å². The van der Waals surface area contributed by atoms with Gasteiger partial charge in [-0.2, -0.15) is 0 Å². The van der Waals surface area contributed by atoms with Crippen LogP contribution in [0.15, 0.2) is 24.3 Å². The molecule has 0 aliphatic carbocycles. The zero-order valence-electron chi connectivity index (χ0n) is 10.4. The minimum atomic E-state index is -1.13. The van der Waals surface area contributed by atoms with E-state index in [-0.39, 0.29) is 0 Å². The first kappa shape index (κ1) is 14.5. The maximum absolute atomic E-state index is 9.39. The van der Waals surface area contributed by atoms with Gasteiger partial charge in [0.05, 0.1) is 19.8 Å². The molecule has 1 aromatic rings. The average Bonchev–Trinajstić information content (AvgIpc) is 2.43. The third-order valence-electron chi connectivity index (χ3n) is 2.52. The van der Waals surface area contributed by atoms with Crippen molar-refractivity contribution in [1.82, 2.24) is 0 Å². The van der Waals surface area contributed by atoms with Gasteiger partial charge in [-0.25, -0.2) is 0 Å². The van der Waals surface area contributed by atoms with Crippen molar-refractivity contribution < 1.29 is 19.7 Å². The molecule has 0 aliphatic heterocycles. The molecule has 4 nitrogen and oxygen atoms in total. The summed E-state index contributed by atoms with van der Waals surface area (Å²) < 4.78 is 10.4. The lowest BCUT2D eigenvalue weighted by atomic mass is 10.1. The number of methoxy groups -OCH3 is 1. The molecule has 18 heavy (non-hydrogen) atoms. The number of aliphatic hydroxyl groups excluding tert-OH is 2. The highest BCUT2D eigenvalue weighted by Crippen LogP contribution is 2.12. The molecule has 0 aromatic heterocycles. The number of hydrogen-bond acceptors (Lipinski definition) is 4. The largest absolute Gasteiger partial charge is 0.497 e. The highest BCUT2D eigenvalue weighted by Gasteiger charge is 2.12. The maximum atomic E-state index is 9.39. The van der Waals surface area contributed by atoms with Gasteiger partial charge >= 0.3 is 0 Å². The predicted octanol–water partition coefficient (Wildman–Crippen LogP) is 0.957. The Morgan fingerprint density at radius 3 is 2.50 bits per heavy atom. The van der Waals surface area contributed by atoms with Crippen LogP contribution in [0.3, 0.4) is 0 Å². The molecule has 0 unspecified atom stereocenters. The molecular formula is C14H18O4. The van der Waals surface area contributed by atoms with Crippen molar-refractivity contribution >= 4 is 0 Å². The van der Waals surface area contributed by atoms with Crippen LogP contribution in [0.5, 0.6) is 5.75 Å². The highest BCUT2D eigenvalue weighted by molar-refractivity contribution is 5.26. The molecular weight excluding hydrogens is 232 g/mol. The molecule has 98 valence electrons. The molecule has 0 saturated carbocycles. The minimum Gasteiger partial charge on any atom is -0.497 e. The molecule has 0 spiro atoms. The van der Waals surface area contributed by atoms with Crippen LogP contribution in [0, 0.1) is 12.3 Å². The van der Waals surface area contributed by atoms with Crippen LogP contribution >= 0.6 is 0 Å². The number of hydrogen-bond donors (Lipinski definition) is 2. The summed E-state index contributed by atoms with van der Waals surface area (Å²) >= 11 is 0. The molecule has 0 heterocycles. The fraction of sp³-hybridized carbons (Fsp3) is 0.429. The Labute approximate surface area is 107 Å². The van der Waals surface area contributed by atoms with E-state index in [1.807, 2.05) is 24.3 Å². The van der Waals surface area contributed by atoms with Crippen molar-refractivity contribution in [2.75, 3.05) is 13.7 Å². The second-order valence-electron chi connectivity index (χ2n) is 3.87. The summed E-state index contributed by atoms with van der Waals surface area (Å²) in [5, 5.41) is 18.5. The summed E-state index contributed by atoms with van der Waals surface area (Å²) in [4.78, 5) is 0. The fourth-order valence-corrected chi connectivity index (χ4v) is 1.38. The predicted molar refractivity (Wildman–Crippen MR) is 68.1 cm³/mol. The van der Waals surface area contributed by atoms with Gasteiger partial charge in [0.2, 0.25) is 0 Å². The van der Waals surface area contributed by atoms with Crippen LogP contribution < -0.4 is 4.74 Å². The van der Waals surface area contributed by atoms with Crippen LogP contribution in [0.4, 0.5) is 0 Å². The number of ether oxygens (including phenoxy) is 2. The van der Waals surface area contributed by atoms with Gasteiger partial charge in [0.1, 0.15) is 11.9 Å². The lowest BCUT2D eigenvalue weighted by Gasteiger charge is -2.12. The van der Waals surface area contributed by atoms with Crippen molar-refractivity contribution in [3.63, 3.8) is 0 Å². The van der Waals surface area contributed by atoms with E-state index in [0.29, 0.717) is 19.6 Å². The van der Waals surface area contributed by atoms with Gasteiger partial charge in [-0.1, -0.05) is 18.1 Å². The Morgan fingerprint density at radius 2 is 1.94 bits per heavy atom. The molecule has 0 radical (unpaired) electrons. The first-order valence-electron chi connectivity index (χ1n) is 5.70. The van der Waals surface area contributed by atoms with Crippen molar-refractivity contribution in [2.45, 2.75) is 25.2 Å². The average molecular weight is 250 g/mol. The molecule has 0 saturated heterocycles. The van der Waals surface area contributed by atoms with Crippen LogP contribution in [-0.4, -0.2) is 36.1 Å². The third kappa shape index (κ3) is 4.76. The van der Waals surface area contributed by atoms with Crippen LogP contribution in [-0.2, 0) is 11.3 Å². The smallest absolute Gasteiger partial charge is 0.140 e. The molecule has 0 bridgehead atoms. The van der Waals surface area contributed by atoms with Gasteiger partial charge in [-0.15, -0.1) is 6.42 Å². The van der Waals surface area contributed by atoms with E-state index >= 15 is 0 Å². The third-order valence-corrected chi connectivity index (χ3v) is 2.52. The molecule has 0 fully saturated rings. The highest BCUT2D eigenvalue weighted by atomic mass is 16.5. The minimum absolute atomic E-state index is 0.307. The summed E-state index contributed by atoms with van der Waals surface area (Å²) in [6.45, 7) is 0.787. The molecule has 0 amide bonds. The molecule has 1 rings (SSSR count). The lowest BCUT2D eigenvalue weighted by molar-refractivity contribution is 0.0185. The monoisotopic (exact) mass is 250 g/mol. The second-order valence-corrected chi connectivity index (χ2v) is 3.87. The summed E-state index contributed by atoms with van der Waals surface area (Å²) in [6, 6.07) is 7.53. The fourth-order valence-electron chi connectivity index (χ4n) is 1.38. The van der Waals surface area contributed by atoms with E-state index in [1.54, 1.807) is 7.11 Å². The van der Waals surface area contributed by atoms with E-state index < -0.39 is 12.2 Å². The Bertz CT molecular complexity index is 380. The number of benzene rings is 1. The molecule has 4 heteroatoms. The van der Waals surface area contributed by atoms with E-state index in [2.05, 4.69) is 5.92 Å². The van der Waals surface area contributed by atoms with Crippen molar-refractivity contribution in [3.8, 4) is 18.1 Å². The van der Waals surface area contributed by atoms with Crippen molar-refractivity contribution in [2.24, 2.45) is 0 Å². The first-order valence-corrected chi connectivity index (χ1v) is 5.70. The molecule has 2 atom stereocenters. The van der Waals surface area contributed by atoms with Gasteiger partial charge in [0, 0.05) is 13.0 Å². The summed E-state index contributed by atoms with van der Waals surface area (Å²) in [5.74, 6) is 2.87. The molecule has 1 aromatic carbocycles. The Kier molecular flexibility index (Phi) is 6.23.